The highest BCUT2D eigenvalue weighted by atomic mass is 16.4. The van der Waals surface area contributed by atoms with Crippen molar-refractivity contribution in [3.05, 3.63) is 35.4 Å². The number of rotatable bonds is 7. The predicted molar refractivity (Wildman–Crippen MR) is 82.1 cm³/mol. The number of carbonyl (C=O) groups excluding carboxylic acids is 1. The second-order valence-corrected chi connectivity index (χ2v) is 5.29. The summed E-state index contributed by atoms with van der Waals surface area (Å²) in [6.07, 6.45) is 1.35. The Kier molecular flexibility index (Phi) is 6.72. The van der Waals surface area contributed by atoms with Crippen molar-refractivity contribution in [1.82, 2.24) is 10.2 Å². The summed E-state index contributed by atoms with van der Waals surface area (Å²) in [6, 6.07) is 7.64. The average Bonchev–Trinajstić information content (AvgIpc) is 2.45. The lowest BCUT2D eigenvalue weighted by Gasteiger charge is -2.20. The molecular weight excluding hydrogens is 268 g/mol. The van der Waals surface area contributed by atoms with Crippen molar-refractivity contribution in [3.8, 4) is 0 Å². The van der Waals surface area contributed by atoms with Gasteiger partial charge in [-0.25, -0.2) is 4.79 Å². The Morgan fingerprint density at radius 3 is 2.57 bits per heavy atom. The van der Waals surface area contributed by atoms with Crippen LogP contribution in [0.3, 0.4) is 0 Å². The third kappa shape index (κ3) is 5.45. The molecule has 0 spiro atoms. The Morgan fingerprint density at radius 2 is 2.00 bits per heavy atom. The molecule has 0 fully saturated rings. The van der Waals surface area contributed by atoms with E-state index < -0.39 is 11.9 Å². The van der Waals surface area contributed by atoms with Crippen LogP contribution in [0.25, 0.3) is 0 Å². The van der Waals surface area contributed by atoms with E-state index in [4.69, 9.17) is 5.11 Å². The van der Waals surface area contributed by atoms with Crippen LogP contribution in [-0.4, -0.2) is 35.6 Å². The molecule has 5 nitrogen and oxygen atoms in total. The van der Waals surface area contributed by atoms with Crippen molar-refractivity contribution >= 4 is 12.0 Å². The molecule has 5 heteroatoms. The highest BCUT2D eigenvalue weighted by Crippen LogP contribution is 2.10. The Morgan fingerprint density at radius 1 is 1.33 bits per heavy atom. The van der Waals surface area contributed by atoms with E-state index in [1.54, 1.807) is 11.9 Å². The monoisotopic (exact) mass is 292 g/mol. The molecule has 0 aliphatic heterocycles. The van der Waals surface area contributed by atoms with E-state index in [0.29, 0.717) is 13.0 Å². The van der Waals surface area contributed by atoms with E-state index in [2.05, 4.69) is 5.32 Å². The van der Waals surface area contributed by atoms with Gasteiger partial charge >= 0.3 is 12.0 Å². The normalized spacial score (nSPS) is 11.8. The maximum absolute atomic E-state index is 12.0. The smallest absolute Gasteiger partial charge is 0.317 e. The van der Waals surface area contributed by atoms with Gasteiger partial charge in [0.25, 0.3) is 0 Å². The lowest BCUT2D eigenvalue weighted by atomic mass is 10.0. The molecule has 0 radical (unpaired) electrons. The molecule has 1 atom stereocenters. The van der Waals surface area contributed by atoms with Crippen LogP contribution in [0.2, 0.25) is 0 Å². The van der Waals surface area contributed by atoms with Gasteiger partial charge in [-0.05, 0) is 24.5 Å². The number of urea groups is 1. The molecule has 1 rings (SSSR count). The first kappa shape index (κ1) is 17.0. The molecule has 2 amide bonds. The topological polar surface area (TPSA) is 69.6 Å². The minimum Gasteiger partial charge on any atom is -0.481 e. The zero-order valence-corrected chi connectivity index (χ0v) is 12.9. The van der Waals surface area contributed by atoms with E-state index in [1.807, 2.05) is 38.1 Å². The fourth-order valence-electron chi connectivity index (χ4n) is 2.12. The molecule has 0 bridgehead atoms. The van der Waals surface area contributed by atoms with Crippen molar-refractivity contribution in [1.29, 1.82) is 0 Å². The Hall–Kier alpha value is -2.04. The van der Waals surface area contributed by atoms with E-state index in [-0.39, 0.29) is 12.6 Å². The summed E-state index contributed by atoms with van der Waals surface area (Å²) in [5.41, 5.74) is 2.21. The van der Waals surface area contributed by atoms with Gasteiger partial charge in [0.1, 0.15) is 0 Å². The molecule has 1 unspecified atom stereocenters. The van der Waals surface area contributed by atoms with Gasteiger partial charge in [-0.1, -0.05) is 37.6 Å². The summed E-state index contributed by atoms with van der Waals surface area (Å²) in [6.45, 7) is 4.61. The summed E-state index contributed by atoms with van der Waals surface area (Å²) in [5, 5.41) is 11.8. The van der Waals surface area contributed by atoms with Crippen LogP contribution in [-0.2, 0) is 11.3 Å². The first-order chi connectivity index (χ1) is 9.95. The van der Waals surface area contributed by atoms with E-state index in [9.17, 15) is 9.59 Å². The zero-order valence-electron chi connectivity index (χ0n) is 12.9. The Balaban J connectivity index is 2.51. The van der Waals surface area contributed by atoms with Gasteiger partial charge in [-0.2, -0.15) is 0 Å². The van der Waals surface area contributed by atoms with Crippen LogP contribution in [0, 0.1) is 12.8 Å². The van der Waals surface area contributed by atoms with Crippen molar-refractivity contribution in [2.75, 3.05) is 13.6 Å². The molecule has 1 aromatic rings. The zero-order chi connectivity index (χ0) is 15.8. The molecule has 1 aromatic carbocycles. The fraction of sp³-hybridized carbons (Fsp3) is 0.500. The first-order valence-corrected chi connectivity index (χ1v) is 7.22. The molecule has 0 saturated heterocycles. The fourth-order valence-corrected chi connectivity index (χ4v) is 2.12. The van der Waals surface area contributed by atoms with Crippen molar-refractivity contribution in [2.24, 2.45) is 5.92 Å². The minimum atomic E-state index is -0.862. The van der Waals surface area contributed by atoms with Gasteiger partial charge in [0.05, 0.1) is 5.92 Å². The highest BCUT2D eigenvalue weighted by Gasteiger charge is 2.18. The van der Waals surface area contributed by atoms with Crippen LogP contribution in [0.4, 0.5) is 4.79 Å². The lowest BCUT2D eigenvalue weighted by molar-refractivity contribution is -0.141. The number of carbonyl (C=O) groups is 2. The van der Waals surface area contributed by atoms with Crippen molar-refractivity contribution < 1.29 is 14.7 Å². The van der Waals surface area contributed by atoms with Gasteiger partial charge in [0.15, 0.2) is 0 Å². The number of benzene rings is 1. The summed E-state index contributed by atoms with van der Waals surface area (Å²) < 4.78 is 0. The molecule has 0 saturated carbocycles. The summed E-state index contributed by atoms with van der Waals surface area (Å²) >= 11 is 0. The second kappa shape index (κ2) is 8.29. The van der Waals surface area contributed by atoms with Gasteiger partial charge < -0.3 is 15.3 Å². The Labute approximate surface area is 126 Å². The number of carboxylic acids is 1. The standard InChI is InChI=1S/C16H24N2O3/c1-4-7-13(15(19)20)10-17-16(21)18(3)11-14-9-6-5-8-12(14)2/h5-6,8-9,13H,4,7,10-11H2,1-3H3,(H,17,21)(H,19,20). The number of nitrogens with zero attached hydrogens (tertiary/aromatic N) is 1. The van der Waals surface area contributed by atoms with E-state index in [1.165, 1.54) is 0 Å². The molecular formula is C16H24N2O3. The maximum atomic E-state index is 12.0. The molecule has 21 heavy (non-hydrogen) atoms. The number of amides is 2. The molecule has 0 heterocycles. The maximum Gasteiger partial charge on any atom is 0.317 e. The third-order valence-corrected chi connectivity index (χ3v) is 3.50. The largest absolute Gasteiger partial charge is 0.481 e. The van der Waals surface area contributed by atoms with Crippen LogP contribution < -0.4 is 5.32 Å². The number of aryl methyl sites for hydroxylation is 1. The number of hydrogen-bond donors (Lipinski definition) is 2. The predicted octanol–water partition coefficient (Wildman–Crippen LogP) is 2.64. The lowest BCUT2D eigenvalue weighted by Crippen LogP contribution is -2.40. The van der Waals surface area contributed by atoms with Crippen LogP contribution in [0.5, 0.6) is 0 Å². The van der Waals surface area contributed by atoms with E-state index >= 15 is 0 Å². The van der Waals surface area contributed by atoms with Gasteiger partial charge in [-0.15, -0.1) is 0 Å². The van der Waals surface area contributed by atoms with Crippen LogP contribution in [0.15, 0.2) is 24.3 Å². The average molecular weight is 292 g/mol. The first-order valence-electron chi connectivity index (χ1n) is 7.22. The molecule has 2 N–H and O–H groups in total. The molecule has 0 aromatic heterocycles. The number of hydrogen-bond acceptors (Lipinski definition) is 2. The van der Waals surface area contributed by atoms with E-state index in [0.717, 1.165) is 17.5 Å². The minimum absolute atomic E-state index is 0.167. The summed E-state index contributed by atoms with van der Waals surface area (Å²) in [5.74, 6) is -1.38. The quantitative estimate of drug-likeness (QED) is 0.811. The van der Waals surface area contributed by atoms with Crippen LogP contribution >= 0.6 is 0 Å². The number of nitrogens with one attached hydrogen (secondary N) is 1. The molecule has 0 aliphatic carbocycles. The second-order valence-electron chi connectivity index (χ2n) is 5.29. The van der Waals surface area contributed by atoms with Gasteiger partial charge in [-0.3, -0.25) is 4.79 Å². The third-order valence-electron chi connectivity index (χ3n) is 3.50. The summed E-state index contributed by atoms with van der Waals surface area (Å²) in [7, 11) is 1.71. The Bertz CT molecular complexity index is 488. The van der Waals surface area contributed by atoms with Gasteiger partial charge in [0.2, 0.25) is 0 Å². The van der Waals surface area contributed by atoms with Crippen molar-refractivity contribution in [3.63, 3.8) is 0 Å². The van der Waals surface area contributed by atoms with Crippen LogP contribution in [0.1, 0.15) is 30.9 Å². The van der Waals surface area contributed by atoms with Gasteiger partial charge in [0, 0.05) is 20.1 Å². The number of aliphatic carboxylic acids is 1. The summed E-state index contributed by atoms with van der Waals surface area (Å²) in [4.78, 5) is 24.6. The number of carboxylic acid groups (broad SMARTS) is 1. The molecule has 116 valence electrons. The molecule has 0 aliphatic rings. The van der Waals surface area contributed by atoms with Crippen molar-refractivity contribution in [2.45, 2.75) is 33.2 Å². The SMILES string of the molecule is CCCC(CNC(=O)N(C)Cc1ccccc1C)C(=O)O. The highest BCUT2D eigenvalue weighted by molar-refractivity contribution is 5.75.